The van der Waals surface area contributed by atoms with E-state index in [2.05, 4.69) is 43.2 Å². The molecule has 4 aromatic rings. The smallest absolute Gasteiger partial charge is 0.212 e. The van der Waals surface area contributed by atoms with Gasteiger partial charge in [-0.3, -0.25) is 9.91 Å². The Balaban J connectivity index is 1.11. The highest BCUT2D eigenvalue weighted by atomic mass is 16.5. The summed E-state index contributed by atoms with van der Waals surface area (Å²) >= 11 is 0. The third kappa shape index (κ3) is 5.52. The first-order valence-corrected chi connectivity index (χ1v) is 14.5. The van der Waals surface area contributed by atoms with Crippen LogP contribution in [0.25, 0.3) is 22.3 Å². The summed E-state index contributed by atoms with van der Waals surface area (Å²) in [5.74, 6) is 1.56. The first-order chi connectivity index (χ1) is 21.2. The number of anilines is 1. The van der Waals surface area contributed by atoms with E-state index in [1.165, 1.54) is 5.56 Å². The van der Waals surface area contributed by atoms with Crippen LogP contribution in [-0.4, -0.2) is 93.2 Å². The highest BCUT2D eigenvalue weighted by molar-refractivity contribution is 5.85. The molecule has 3 aliphatic rings. The number of allylic oxidation sites excluding steroid dienone is 1. The number of methoxy groups -OCH3 is 1. The maximum Gasteiger partial charge on any atom is 0.212 e. The number of nitriles is 1. The summed E-state index contributed by atoms with van der Waals surface area (Å²) in [6, 6.07) is 10.6. The molecule has 2 saturated heterocycles. The van der Waals surface area contributed by atoms with Crippen LogP contribution in [0.3, 0.4) is 0 Å². The van der Waals surface area contributed by atoms with Crippen LogP contribution in [0.2, 0.25) is 0 Å². The molecule has 0 amide bonds. The van der Waals surface area contributed by atoms with Gasteiger partial charge in [0.2, 0.25) is 5.88 Å². The third-order valence-corrected chi connectivity index (χ3v) is 8.10. The summed E-state index contributed by atoms with van der Waals surface area (Å²) in [7, 11) is 1.63. The Morgan fingerprint density at radius 2 is 1.98 bits per heavy atom. The number of ether oxygens (including phenoxy) is 2. The molecule has 0 saturated carbocycles. The Morgan fingerprint density at radius 3 is 2.72 bits per heavy atom. The van der Waals surface area contributed by atoms with Gasteiger partial charge in [0.1, 0.15) is 23.0 Å². The second-order valence-electron chi connectivity index (χ2n) is 10.9. The zero-order valence-corrected chi connectivity index (χ0v) is 24.0. The van der Waals surface area contributed by atoms with Crippen LogP contribution in [0.4, 0.5) is 5.82 Å². The summed E-state index contributed by atoms with van der Waals surface area (Å²) in [5, 5.41) is 20.7. The molecule has 7 rings (SSSR count). The molecule has 0 atom stereocenters. The summed E-state index contributed by atoms with van der Waals surface area (Å²) < 4.78 is 12.3. The van der Waals surface area contributed by atoms with Gasteiger partial charge in [-0.15, -0.1) is 0 Å². The molecule has 4 aromatic heterocycles. The number of hydrogen-bond acceptors (Lipinski definition) is 11. The van der Waals surface area contributed by atoms with Crippen LogP contribution in [-0.2, 0) is 11.3 Å². The van der Waals surface area contributed by atoms with E-state index in [9.17, 15) is 5.26 Å². The molecule has 12 heteroatoms. The van der Waals surface area contributed by atoms with E-state index >= 15 is 0 Å². The molecular weight excluding hydrogens is 544 g/mol. The molecule has 7 heterocycles. The minimum atomic E-state index is 0.243. The largest absolute Gasteiger partial charge is 0.481 e. The maximum atomic E-state index is 9.81. The van der Waals surface area contributed by atoms with E-state index in [0.29, 0.717) is 42.3 Å². The number of hydrogen-bond donors (Lipinski definition) is 0. The van der Waals surface area contributed by atoms with Crippen LogP contribution in [0.15, 0.2) is 60.4 Å². The average molecular weight is 577 g/mol. The number of aromatic nitrogens is 5. The quantitative estimate of drug-likeness (QED) is 0.324. The van der Waals surface area contributed by atoms with Crippen molar-refractivity contribution in [2.75, 3.05) is 51.4 Å². The van der Waals surface area contributed by atoms with Gasteiger partial charge >= 0.3 is 0 Å². The first-order valence-electron chi connectivity index (χ1n) is 14.5. The van der Waals surface area contributed by atoms with Crippen LogP contribution >= 0.6 is 0 Å². The molecule has 0 aliphatic carbocycles. The highest BCUT2D eigenvalue weighted by Gasteiger charge is 2.26. The summed E-state index contributed by atoms with van der Waals surface area (Å²) in [6.07, 6.45) is 12.9. The third-order valence-electron chi connectivity index (χ3n) is 8.10. The zero-order chi connectivity index (χ0) is 29.2. The SMILES string of the molecule is COc1ccc(CN2CCCN(c3ccc(-c4nc(C5=CN(C6COC6)N=CC5)cn5ncc(C#N)c45)cn3)CC2)cn1. The summed E-state index contributed by atoms with van der Waals surface area (Å²) in [5.41, 5.74) is 5.67. The van der Waals surface area contributed by atoms with E-state index in [4.69, 9.17) is 19.4 Å². The van der Waals surface area contributed by atoms with E-state index < -0.39 is 0 Å². The second kappa shape index (κ2) is 11.8. The second-order valence-corrected chi connectivity index (χ2v) is 10.9. The number of pyridine rings is 2. The summed E-state index contributed by atoms with van der Waals surface area (Å²) in [4.78, 5) is 19.1. The van der Waals surface area contributed by atoms with Gasteiger partial charge in [-0.1, -0.05) is 6.07 Å². The Morgan fingerprint density at radius 1 is 1.05 bits per heavy atom. The monoisotopic (exact) mass is 576 g/mol. The van der Waals surface area contributed by atoms with E-state index in [-0.39, 0.29) is 6.04 Å². The van der Waals surface area contributed by atoms with Crippen molar-refractivity contribution in [2.24, 2.45) is 5.10 Å². The molecule has 0 unspecified atom stereocenters. The van der Waals surface area contributed by atoms with Gasteiger partial charge in [0.25, 0.3) is 0 Å². The van der Waals surface area contributed by atoms with Crippen molar-refractivity contribution in [3.8, 4) is 23.2 Å². The van der Waals surface area contributed by atoms with Crippen molar-refractivity contribution >= 4 is 23.1 Å². The minimum absolute atomic E-state index is 0.243. The van der Waals surface area contributed by atoms with E-state index in [1.807, 2.05) is 48.1 Å². The average Bonchev–Trinajstić information content (AvgIpc) is 3.31. The topological polar surface area (TPSA) is 120 Å². The fourth-order valence-electron chi connectivity index (χ4n) is 5.63. The van der Waals surface area contributed by atoms with Crippen LogP contribution in [0, 0.1) is 11.3 Å². The lowest BCUT2D eigenvalue weighted by molar-refractivity contribution is -0.0480. The lowest BCUT2D eigenvalue weighted by Crippen LogP contribution is -2.44. The Hall–Kier alpha value is -4.86. The van der Waals surface area contributed by atoms with E-state index in [1.54, 1.807) is 17.8 Å². The number of hydrazone groups is 1. The van der Waals surface area contributed by atoms with Gasteiger partial charge in [-0.25, -0.2) is 19.5 Å². The number of rotatable bonds is 7. The Bertz CT molecular complexity index is 1700. The molecule has 0 N–H and O–H groups in total. The first kappa shape index (κ1) is 27.0. The van der Waals surface area contributed by atoms with Crippen molar-refractivity contribution < 1.29 is 9.47 Å². The van der Waals surface area contributed by atoms with Crippen LogP contribution < -0.4 is 9.64 Å². The molecule has 3 aliphatic heterocycles. The number of nitrogens with zero attached hydrogens (tertiary/aromatic N) is 10. The predicted octanol–water partition coefficient (Wildman–Crippen LogP) is 3.21. The lowest BCUT2D eigenvalue weighted by Gasteiger charge is -2.34. The molecule has 0 spiro atoms. The molecule has 0 radical (unpaired) electrons. The predicted molar refractivity (Wildman–Crippen MR) is 161 cm³/mol. The molecular formula is C31H32N10O2. The van der Waals surface area contributed by atoms with Crippen molar-refractivity contribution in [1.82, 2.24) is 34.5 Å². The van der Waals surface area contributed by atoms with Crippen LogP contribution in [0.1, 0.15) is 29.7 Å². The van der Waals surface area contributed by atoms with Gasteiger partial charge in [-0.05, 0) is 24.1 Å². The van der Waals surface area contributed by atoms with E-state index in [0.717, 1.165) is 61.8 Å². The van der Waals surface area contributed by atoms with Gasteiger partial charge in [0.05, 0.1) is 50.1 Å². The van der Waals surface area contributed by atoms with Crippen molar-refractivity contribution in [3.05, 3.63) is 72.1 Å². The van der Waals surface area contributed by atoms with Crippen molar-refractivity contribution in [3.63, 3.8) is 0 Å². The molecule has 0 aromatic carbocycles. The lowest BCUT2D eigenvalue weighted by atomic mass is 10.1. The van der Waals surface area contributed by atoms with Gasteiger partial charge in [0, 0.05) is 81.2 Å². The molecule has 0 bridgehead atoms. The normalized spacial score (nSPS) is 17.8. The maximum absolute atomic E-state index is 9.81. The van der Waals surface area contributed by atoms with Crippen molar-refractivity contribution in [1.29, 1.82) is 5.26 Å². The van der Waals surface area contributed by atoms with Gasteiger partial charge in [-0.2, -0.15) is 15.5 Å². The van der Waals surface area contributed by atoms with Crippen LogP contribution in [0.5, 0.6) is 5.88 Å². The molecule has 2 fully saturated rings. The molecule has 12 nitrogen and oxygen atoms in total. The standard InChI is InChI=1S/C31H32N10O2/c1-42-29-6-3-22(14-34-29)17-38-9-2-10-39(12-11-38)28-5-4-23(15-33-28)30-31-25(13-32)16-36-41(31)19-27(37-30)24-7-8-35-40(18-24)26-20-43-21-26/h3-6,8,14-16,18-19,26H,2,7,9-12,17,20-21H2,1H3. The number of fused-ring (bicyclic) bond motifs is 1. The highest BCUT2D eigenvalue weighted by Crippen LogP contribution is 2.30. The fraction of sp³-hybridized carbons (Fsp3) is 0.355. The zero-order valence-electron chi connectivity index (χ0n) is 24.0. The molecule has 43 heavy (non-hydrogen) atoms. The Labute approximate surface area is 249 Å². The fourth-order valence-corrected chi connectivity index (χ4v) is 5.63. The Kier molecular flexibility index (Phi) is 7.40. The van der Waals surface area contributed by atoms with Crippen molar-refractivity contribution in [2.45, 2.75) is 25.4 Å². The van der Waals surface area contributed by atoms with Gasteiger partial charge < -0.3 is 14.4 Å². The molecule has 218 valence electrons. The summed E-state index contributed by atoms with van der Waals surface area (Å²) in [6.45, 7) is 5.95. The van der Waals surface area contributed by atoms with Gasteiger partial charge in [0.15, 0.2) is 0 Å². The minimum Gasteiger partial charge on any atom is -0.481 e.